The van der Waals surface area contributed by atoms with Gasteiger partial charge in [0.1, 0.15) is 0 Å². The molecule has 1 aliphatic rings. The number of rotatable bonds is 4. The first-order valence-corrected chi connectivity index (χ1v) is 7.85. The molecule has 1 aromatic carbocycles. The molecule has 0 aliphatic carbocycles. The molecule has 1 N–H and O–H groups in total. The summed E-state index contributed by atoms with van der Waals surface area (Å²) in [7, 11) is 2.15. The largest absolute Gasteiger partial charge is 0.478 e. The quantitative estimate of drug-likeness (QED) is 0.939. The van der Waals surface area contributed by atoms with Crippen molar-refractivity contribution in [1.82, 2.24) is 14.4 Å². The minimum Gasteiger partial charge on any atom is -0.478 e. The number of likely N-dealkylation sites (N-methyl/N-ethyl adjacent to an activating group) is 1. The summed E-state index contributed by atoms with van der Waals surface area (Å²) in [5.41, 5.74) is 2.45. The maximum absolute atomic E-state index is 11.5. The number of aromatic nitrogens is 1. The van der Waals surface area contributed by atoms with Gasteiger partial charge in [-0.3, -0.25) is 4.90 Å². The lowest BCUT2D eigenvalue weighted by Gasteiger charge is -2.32. The molecule has 0 spiro atoms. The number of aromatic carboxylic acids is 1. The molecular formula is C17H23N3O2. The molecule has 22 heavy (non-hydrogen) atoms. The topological polar surface area (TPSA) is 48.7 Å². The first-order chi connectivity index (χ1) is 10.6. The second kappa shape index (κ2) is 6.10. The van der Waals surface area contributed by atoms with Crippen molar-refractivity contribution in [2.45, 2.75) is 20.0 Å². The summed E-state index contributed by atoms with van der Waals surface area (Å²) in [5, 5.41) is 10.5. The van der Waals surface area contributed by atoms with E-state index in [4.69, 9.17) is 0 Å². The number of fused-ring (bicyclic) bond motifs is 1. The molecule has 118 valence electrons. The second-order valence-corrected chi connectivity index (χ2v) is 6.01. The zero-order valence-corrected chi connectivity index (χ0v) is 13.2. The minimum absolute atomic E-state index is 0.393. The SMILES string of the molecule is CCn1c(CN2CCN(C)CC2)cc2cccc(C(=O)O)c21. The smallest absolute Gasteiger partial charge is 0.337 e. The maximum atomic E-state index is 11.5. The van der Waals surface area contributed by atoms with Gasteiger partial charge in [0, 0.05) is 50.3 Å². The Morgan fingerprint density at radius 3 is 2.59 bits per heavy atom. The zero-order valence-electron chi connectivity index (χ0n) is 13.2. The summed E-state index contributed by atoms with van der Waals surface area (Å²) < 4.78 is 2.15. The maximum Gasteiger partial charge on any atom is 0.337 e. The van der Waals surface area contributed by atoms with Gasteiger partial charge in [0.15, 0.2) is 0 Å². The predicted molar refractivity (Wildman–Crippen MR) is 87.3 cm³/mol. The predicted octanol–water partition coefficient (Wildman–Crippen LogP) is 2.11. The molecule has 1 aliphatic heterocycles. The molecule has 0 amide bonds. The molecule has 3 rings (SSSR count). The van der Waals surface area contributed by atoms with Gasteiger partial charge in [-0.15, -0.1) is 0 Å². The van der Waals surface area contributed by atoms with Crippen LogP contribution in [0.25, 0.3) is 10.9 Å². The van der Waals surface area contributed by atoms with Gasteiger partial charge in [0.25, 0.3) is 0 Å². The summed E-state index contributed by atoms with van der Waals surface area (Å²) in [6.07, 6.45) is 0. The standard InChI is InChI=1S/C17H23N3O2/c1-3-20-14(12-19-9-7-18(2)8-10-19)11-13-5-4-6-15(16(13)20)17(21)22/h4-6,11H,3,7-10,12H2,1-2H3,(H,21,22). The van der Waals surface area contributed by atoms with Crippen LogP contribution in [0.1, 0.15) is 23.0 Å². The van der Waals surface area contributed by atoms with Crippen LogP contribution in [0.2, 0.25) is 0 Å². The number of hydrogen-bond acceptors (Lipinski definition) is 3. The van der Waals surface area contributed by atoms with E-state index in [1.165, 1.54) is 5.69 Å². The minimum atomic E-state index is -0.857. The van der Waals surface area contributed by atoms with Crippen LogP contribution in [0.3, 0.4) is 0 Å². The van der Waals surface area contributed by atoms with E-state index in [0.29, 0.717) is 5.56 Å². The molecule has 0 unspecified atom stereocenters. The molecule has 0 radical (unpaired) electrons. The molecule has 2 aromatic rings. The van der Waals surface area contributed by atoms with Crippen molar-refractivity contribution in [3.8, 4) is 0 Å². The molecule has 5 nitrogen and oxygen atoms in total. The van der Waals surface area contributed by atoms with Gasteiger partial charge in [0.2, 0.25) is 0 Å². The van der Waals surface area contributed by atoms with Gasteiger partial charge >= 0.3 is 5.97 Å². The van der Waals surface area contributed by atoms with Crippen molar-refractivity contribution in [2.24, 2.45) is 0 Å². The van der Waals surface area contributed by atoms with E-state index in [0.717, 1.165) is 50.2 Å². The van der Waals surface area contributed by atoms with Crippen LogP contribution in [0.4, 0.5) is 0 Å². The third-order valence-corrected chi connectivity index (χ3v) is 4.53. The number of benzene rings is 1. The van der Waals surface area contributed by atoms with Gasteiger partial charge in [-0.25, -0.2) is 4.79 Å². The van der Waals surface area contributed by atoms with Crippen molar-refractivity contribution < 1.29 is 9.90 Å². The van der Waals surface area contributed by atoms with Gasteiger partial charge in [0.05, 0.1) is 11.1 Å². The fourth-order valence-corrected chi connectivity index (χ4v) is 3.28. The molecule has 0 atom stereocenters. The lowest BCUT2D eigenvalue weighted by atomic mass is 10.1. The monoisotopic (exact) mass is 301 g/mol. The average Bonchev–Trinajstić information content (AvgIpc) is 2.86. The number of nitrogens with zero attached hydrogens (tertiary/aromatic N) is 3. The van der Waals surface area contributed by atoms with Gasteiger partial charge in [-0.2, -0.15) is 0 Å². The normalized spacial score (nSPS) is 17.2. The Balaban J connectivity index is 1.96. The number of aryl methyl sites for hydroxylation is 1. The van der Waals surface area contributed by atoms with Crippen molar-refractivity contribution in [3.05, 3.63) is 35.5 Å². The number of piperazine rings is 1. The van der Waals surface area contributed by atoms with Crippen LogP contribution in [0, 0.1) is 0 Å². The van der Waals surface area contributed by atoms with Gasteiger partial charge in [-0.05, 0) is 26.1 Å². The number of carbonyl (C=O) groups is 1. The van der Waals surface area contributed by atoms with Gasteiger partial charge < -0.3 is 14.6 Å². The van der Waals surface area contributed by atoms with Crippen LogP contribution in [0.15, 0.2) is 24.3 Å². The fraction of sp³-hybridized carbons (Fsp3) is 0.471. The molecule has 1 aromatic heterocycles. The van der Waals surface area contributed by atoms with Crippen molar-refractivity contribution in [3.63, 3.8) is 0 Å². The molecule has 2 heterocycles. The first kappa shape index (κ1) is 15.1. The summed E-state index contributed by atoms with van der Waals surface area (Å²) in [5.74, 6) is -0.857. The number of para-hydroxylation sites is 1. The van der Waals surface area contributed by atoms with Crippen molar-refractivity contribution in [1.29, 1.82) is 0 Å². The summed E-state index contributed by atoms with van der Waals surface area (Å²) >= 11 is 0. The van der Waals surface area contributed by atoms with E-state index >= 15 is 0 Å². The Hall–Kier alpha value is -1.85. The molecule has 0 saturated carbocycles. The highest BCUT2D eigenvalue weighted by Crippen LogP contribution is 2.25. The Kier molecular flexibility index (Phi) is 4.18. The molecular weight excluding hydrogens is 278 g/mol. The number of carboxylic acids is 1. The van der Waals surface area contributed by atoms with Crippen LogP contribution in [-0.2, 0) is 13.1 Å². The number of hydrogen-bond donors (Lipinski definition) is 1. The molecule has 0 bridgehead atoms. The Morgan fingerprint density at radius 1 is 1.23 bits per heavy atom. The highest BCUT2D eigenvalue weighted by molar-refractivity contribution is 6.02. The second-order valence-electron chi connectivity index (χ2n) is 6.01. The Bertz CT molecular complexity index is 685. The van der Waals surface area contributed by atoms with E-state index in [2.05, 4.69) is 34.4 Å². The van der Waals surface area contributed by atoms with E-state index in [-0.39, 0.29) is 0 Å². The summed E-state index contributed by atoms with van der Waals surface area (Å²) in [4.78, 5) is 16.3. The van der Waals surface area contributed by atoms with Crippen LogP contribution < -0.4 is 0 Å². The fourth-order valence-electron chi connectivity index (χ4n) is 3.28. The molecule has 5 heteroatoms. The van der Waals surface area contributed by atoms with Crippen LogP contribution in [-0.4, -0.2) is 58.7 Å². The highest BCUT2D eigenvalue weighted by atomic mass is 16.4. The Morgan fingerprint density at radius 2 is 1.95 bits per heavy atom. The Labute approximate surface area is 130 Å². The highest BCUT2D eigenvalue weighted by Gasteiger charge is 2.19. The third kappa shape index (κ3) is 2.74. The van der Waals surface area contributed by atoms with E-state index in [9.17, 15) is 9.90 Å². The van der Waals surface area contributed by atoms with Crippen LogP contribution >= 0.6 is 0 Å². The van der Waals surface area contributed by atoms with Gasteiger partial charge in [-0.1, -0.05) is 12.1 Å². The lowest BCUT2D eigenvalue weighted by molar-refractivity contribution is 0.0698. The van der Waals surface area contributed by atoms with Crippen molar-refractivity contribution >= 4 is 16.9 Å². The molecule has 1 saturated heterocycles. The van der Waals surface area contributed by atoms with Crippen molar-refractivity contribution in [2.75, 3.05) is 33.2 Å². The summed E-state index contributed by atoms with van der Waals surface area (Å²) in [6, 6.07) is 7.66. The van der Waals surface area contributed by atoms with E-state index in [1.807, 2.05) is 12.1 Å². The lowest BCUT2D eigenvalue weighted by Crippen LogP contribution is -2.44. The van der Waals surface area contributed by atoms with E-state index < -0.39 is 5.97 Å². The van der Waals surface area contributed by atoms with E-state index in [1.54, 1.807) is 6.07 Å². The third-order valence-electron chi connectivity index (χ3n) is 4.53. The summed E-state index contributed by atoms with van der Waals surface area (Å²) in [6.45, 7) is 8.05. The number of carboxylic acid groups (broad SMARTS) is 1. The zero-order chi connectivity index (χ0) is 15.7. The first-order valence-electron chi connectivity index (χ1n) is 7.85. The molecule has 1 fully saturated rings. The average molecular weight is 301 g/mol. The van der Waals surface area contributed by atoms with Crippen LogP contribution in [0.5, 0.6) is 0 Å².